The predicted octanol–water partition coefficient (Wildman–Crippen LogP) is 6.48. The molecule has 4 aromatic rings. The molecule has 0 unspecified atom stereocenters. The van der Waals surface area contributed by atoms with Gasteiger partial charge in [0.1, 0.15) is 18.1 Å². The number of amides is 1. The van der Waals surface area contributed by atoms with Crippen LogP contribution in [0.5, 0.6) is 11.5 Å². The Morgan fingerprint density at radius 3 is 2.70 bits per heavy atom. The summed E-state index contributed by atoms with van der Waals surface area (Å²) < 4.78 is 14.2. The highest BCUT2D eigenvalue weighted by Crippen LogP contribution is 2.23. The molecule has 0 aliphatic heterocycles. The lowest BCUT2D eigenvalue weighted by molar-refractivity contribution is 0.102. The van der Waals surface area contributed by atoms with E-state index in [4.69, 9.17) is 21.1 Å². The largest absolute Gasteiger partial charge is 0.489 e. The summed E-state index contributed by atoms with van der Waals surface area (Å²) >= 11 is 9.39. The number of benzene rings is 3. The summed E-state index contributed by atoms with van der Waals surface area (Å²) in [5.74, 6) is 1.26. The number of carbonyl (C=O) groups is 1. The number of carbonyl (C=O) groups excluding carboxylic acids is 1. The molecule has 0 aliphatic carbocycles. The maximum absolute atomic E-state index is 12.7. The van der Waals surface area contributed by atoms with Crippen molar-refractivity contribution in [1.29, 1.82) is 0 Å². The number of aryl methyl sites for hydroxylation is 1. The first-order valence-corrected chi connectivity index (χ1v) is 11.3. The molecule has 0 fully saturated rings. The van der Waals surface area contributed by atoms with Crippen molar-refractivity contribution in [3.63, 3.8) is 0 Å². The van der Waals surface area contributed by atoms with Crippen LogP contribution in [0.4, 0.5) is 5.69 Å². The van der Waals surface area contributed by atoms with Gasteiger partial charge in [-0.1, -0.05) is 39.7 Å². The highest BCUT2D eigenvalue weighted by Gasteiger charge is 2.09. The smallest absolute Gasteiger partial charge is 0.255 e. The Morgan fingerprint density at radius 2 is 1.91 bits per heavy atom. The molecule has 33 heavy (non-hydrogen) atoms. The van der Waals surface area contributed by atoms with Gasteiger partial charge in [0.25, 0.3) is 5.91 Å². The van der Waals surface area contributed by atoms with Crippen LogP contribution in [0.2, 0.25) is 5.02 Å². The van der Waals surface area contributed by atoms with E-state index in [2.05, 4.69) is 26.3 Å². The standard InChI is InChI=1S/C25H21BrClN3O3/c1-17-11-21(27)7-10-24(17)32-15-18-3-2-4-19(12-18)25(31)29-22-13-28-30(14-22)16-33-23-8-5-20(26)6-9-23/h2-14H,15-16H2,1H3,(H,29,31). The van der Waals surface area contributed by atoms with Crippen LogP contribution in [-0.2, 0) is 13.3 Å². The molecule has 6 nitrogen and oxygen atoms in total. The SMILES string of the molecule is Cc1cc(Cl)ccc1OCc1cccc(C(=O)Nc2cnn(COc3ccc(Br)cc3)c2)c1. The third-order valence-electron chi connectivity index (χ3n) is 4.79. The Balaban J connectivity index is 1.33. The lowest BCUT2D eigenvalue weighted by atomic mass is 10.1. The summed E-state index contributed by atoms with van der Waals surface area (Å²) in [4.78, 5) is 12.7. The van der Waals surface area contributed by atoms with E-state index in [0.29, 0.717) is 22.9 Å². The molecule has 0 aliphatic rings. The lowest BCUT2D eigenvalue weighted by Crippen LogP contribution is -2.12. The zero-order valence-corrected chi connectivity index (χ0v) is 20.1. The molecular formula is C25H21BrClN3O3. The van der Waals surface area contributed by atoms with E-state index in [9.17, 15) is 4.79 Å². The van der Waals surface area contributed by atoms with Gasteiger partial charge in [-0.05, 0) is 72.6 Å². The molecule has 1 heterocycles. The van der Waals surface area contributed by atoms with Crippen LogP contribution in [0, 0.1) is 6.92 Å². The van der Waals surface area contributed by atoms with Gasteiger partial charge >= 0.3 is 0 Å². The average molecular weight is 527 g/mol. The van der Waals surface area contributed by atoms with Crippen LogP contribution in [-0.4, -0.2) is 15.7 Å². The molecule has 1 aromatic heterocycles. The zero-order chi connectivity index (χ0) is 23.2. The van der Waals surface area contributed by atoms with Crippen molar-refractivity contribution in [3.8, 4) is 11.5 Å². The second-order valence-corrected chi connectivity index (χ2v) is 8.70. The molecule has 0 atom stereocenters. The fourth-order valence-corrected chi connectivity index (χ4v) is 3.60. The molecule has 8 heteroatoms. The number of hydrogen-bond donors (Lipinski definition) is 1. The molecule has 0 bridgehead atoms. The summed E-state index contributed by atoms with van der Waals surface area (Å²) in [6.45, 7) is 2.51. The molecule has 3 aromatic carbocycles. The fraction of sp³-hybridized carbons (Fsp3) is 0.120. The van der Waals surface area contributed by atoms with Crippen molar-refractivity contribution >= 4 is 39.1 Å². The lowest BCUT2D eigenvalue weighted by Gasteiger charge is -2.10. The first-order chi connectivity index (χ1) is 16.0. The van der Waals surface area contributed by atoms with Crippen molar-refractivity contribution in [3.05, 3.63) is 105 Å². The van der Waals surface area contributed by atoms with Crippen molar-refractivity contribution < 1.29 is 14.3 Å². The normalized spacial score (nSPS) is 10.6. The second-order valence-electron chi connectivity index (χ2n) is 7.35. The summed E-state index contributed by atoms with van der Waals surface area (Å²) in [6.07, 6.45) is 3.30. The van der Waals surface area contributed by atoms with Crippen molar-refractivity contribution in [2.75, 3.05) is 5.32 Å². The van der Waals surface area contributed by atoms with Gasteiger partial charge in [-0.15, -0.1) is 0 Å². The van der Waals surface area contributed by atoms with E-state index >= 15 is 0 Å². The first-order valence-electron chi connectivity index (χ1n) is 10.2. The number of halogens is 2. The number of nitrogens with zero attached hydrogens (tertiary/aromatic N) is 2. The summed E-state index contributed by atoms with van der Waals surface area (Å²) in [5, 5.41) is 7.76. The molecule has 0 radical (unpaired) electrons. The Kier molecular flexibility index (Phi) is 7.32. The number of nitrogens with one attached hydrogen (secondary N) is 1. The number of aromatic nitrogens is 2. The van der Waals surface area contributed by atoms with Gasteiger partial charge in [0.2, 0.25) is 0 Å². The van der Waals surface area contributed by atoms with Crippen molar-refractivity contribution in [2.24, 2.45) is 0 Å². The maximum Gasteiger partial charge on any atom is 0.255 e. The summed E-state index contributed by atoms with van der Waals surface area (Å²) in [6, 6.07) is 20.3. The van der Waals surface area contributed by atoms with E-state index in [1.807, 2.05) is 61.5 Å². The van der Waals surface area contributed by atoms with Crippen LogP contribution >= 0.6 is 27.5 Å². The zero-order valence-electron chi connectivity index (χ0n) is 17.8. The minimum atomic E-state index is -0.229. The minimum absolute atomic E-state index is 0.229. The molecule has 0 saturated carbocycles. The number of rotatable bonds is 8. The van der Waals surface area contributed by atoms with Crippen LogP contribution < -0.4 is 14.8 Å². The summed E-state index contributed by atoms with van der Waals surface area (Å²) in [7, 11) is 0. The van der Waals surface area contributed by atoms with Gasteiger partial charge in [0.05, 0.1) is 18.1 Å². The fourth-order valence-electron chi connectivity index (χ4n) is 3.11. The van der Waals surface area contributed by atoms with E-state index in [1.165, 1.54) is 0 Å². The van der Waals surface area contributed by atoms with Crippen LogP contribution in [0.3, 0.4) is 0 Å². The predicted molar refractivity (Wildman–Crippen MR) is 132 cm³/mol. The van der Waals surface area contributed by atoms with Gasteiger partial charge in [-0.2, -0.15) is 5.10 Å². The molecule has 4 rings (SSSR count). The second kappa shape index (κ2) is 10.6. The van der Waals surface area contributed by atoms with Crippen molar-refractivity contribution in [1.82, 2.24) is 9.78 Å². The third kappa shape index (κ3) is 6.37. The molecular weight excluding hydrogens is 506 g/mol. The maximum atomic E-state index is 12.7. The van der Waals surface area contributed by atoms with E-state index < -0.39 is 0 Å². The quantitative estimate of drug-likeness (QED) is 0.286. The monoisotopic (exact) mass is 525 g/mol. The van der Waals surface area contributed by atoms with E-state index in [1.54, 1.807) is 29.2 Å². The van der Waals surface area contributed by atoms with Gasteiger partial charge in [-0.25, -0.2) is 4.68 Å². The van der Waals surface area contributed by atoms with E-state index in [-0.39, 0.29) is 12.6 Å². The Morgan fingerprint density at radius 1 is 1.09 bits per heavy atom. The topological polar surface area (TPSA) is 65.4 Å². The van der Waals surface area contributed by atoms with Gasteiger partial charge in [0.15, 0.2) is 6.73 Å². The first kappa shape index (κ1) is 22.9. The number of ether oxygens (including phenoxy) is 2. The van der Waals surface area contributed by atoms with Crippen molar-refractivity contribution in [2.45, 2.75) is 20.3 Å². The highest BCUT2D eigenvalue weighted by atomic mass is 79.9. The van der Waals surface area contributed by atoms with Crippen LogP contribution in [0.25, 0.3) is 0 Å². The minimum Gasteiger partial charge on any atom is -0.489 e. The summed E-state index contributed by atoms with van der Waals surface area (Å²) in [5.41, 5.74) is 2.95. The van der Waals surface area contributed by atoms with E-state index in [0.717, 1.165) is 27.1 Å². The Bertz CT molecular complexity index is 1260. The van der Waals surface area contributed by atoms with Gasteiger partial charge in [0, 0.05) is 15.1 Å². The number of hydrogen-bond acceptors (Lipinski definition) is 4. The van der Waals surface area contributed by atoms with Crippen LogP contribution in [0.1, 0.15) is 21.5 Å². The van der Waals surface area contributed by atoms with Gasteiger partial charge in [-0.3, -0.25) is 4.79 Å². The molecule has 0 saturated heterocycles. The van der Waals surface area contributed by atoms with Crippen LogP contribution in [0.15, 0.2) is 83.6 Å². The van der Waals surface area contributed by atoms with Gasteiger partial charge < -0.3 is 14.8 Å². The molecule has 1 amide bonds. The highest BCUT2D eigenvalue weighted by molar-refractivity contribution is 9.10. The average Bonchev–Trinajstić information content (AvgIpc) is 3.25. The molecule has 1 N–H and O–H groups in total. The molecule has 168 valence electrons. The Hall–Kier alpha value is -3.29. The Labute approximate surface area is 205 Å². The molecule has 0 spiro atoms. The number of anilines is 1. The third-order valence-corrected chi connectivity index (χ3v) is 5.55.